The van der Waals surface area contributed by atoms with E-state index in [0.29, 0.717) is 6.42 Å². The first-order valence-corrected chi connectivity index (χ1v) is 8.31. The number of aliphatic hydroxyl groups is 1. The van der Waals surface area contributed by atoms with Gasteiger partial charge in [-0.05, 0) is 45.4 Å². The highest BCUT2D eigenvalue weighted by Gasteiger charge is 2.34. The smallest absolute Gasteiger partial charge is 0.0848 e. The third kappa shape index (κ3) is 3.37. The third-order valence-corrected chi connectivity index (χ3v) is 5.17. The number of halogens is 1. The van der Waals surface area contributed by atoms with E-state index in [1.54, 1.807) is 0 Å². The zero-order valence-corrected chi connectivity index (χ0v) is 13.7. The number of aromatic nitrogens is 2. The molecule has 20 heavy (non-hydrogen) atoms. The maximum absolute atomic E-state index is 10.9. The van der Waals surface area contributed by atoms with Crippen LogP contribution < -0.4 is 0 Å². The second-order valence-electron chi connectivity index (χ2n) is 6.30. The van der Waals surface area contributed by atoms with Gasteiger partial charge < -0.3 is 5.11 Å². The van der Waals surface area contributed by atoms with Crippen molar-refractivity contribution in [2.24, 2.45) is 5.92 Å². The predicted molar refractivity (Wildman–Crippen MR) is 83.2 cm³/mol. The number of aryl methyl sites for hydroxylation is 2. The van der Waals surface area contributed by atoms with Crippen molar-refractivity contribution >= 4 is 11.6 Å². The second-order valence-corrected chi connectivity index (χ2v) is 6.67. The third-order valence-electron chi connectivity index (χ3n) is 4.68. The van der Waals surface area contributed by atoms with E-state index in [1.165, 1.54) is 12.8 Å². The van der Waals surface area contributed by atoms with Crippen LogP contribution in [0, 0.1) is 12.8 Å². The topological polar surface area (TPSA) is 38.1 Å². The largest absolute Gasteiger partial charge is 0.389 e. The lowest BCUT2D eigenvalue weighted by Gasteiger charge is -2.36. The molecule has 3 nitrogen and oxygen atoms in total. The molecule has 1 fully saturated rings. The molecule has 1 saturated carbocycles. The predicted octanol–water partition coefficient (Wildman–Crippen LogP) is 4.13. The minimum absolute atomic E-state index is 0.590. The van der Waals surface area contributed by atoms with Gasteiger partial charge in [-0.1, -0.05) is 31.4 Å². The molecule has 1 N–H and O–H groups in total. The highest BCUT2D eigenvalue weighted by atomic mass is 35.5. The molecule has 2 rings (SSSR count). The van der Waals surface area contributed by atoms with Gasteiger partial charge in [0.2, 0.25) is 0 Å². The molecule has 0 amide bonds. The van der Waals surface area contributed by atoms with Gasteiger partial charge >= 0.3 is 0 Å². The molecule has 1 aromatic heterocycles. The monoisotopic (exact) mass is 298 g/mol. The molecule has 1 aromatic rings. The summed E-state index contributed by atoms with van der Waals surface area (Å²) in [4.78, 5) is 0. The first-order valence-electron chi connectivity index (χ1n) is 7.93. The fourth-order valence-corrected chi connectivity index (χ4v) is 3.64. The van der Waals surface area contributed by atoms with Crippen LogP contribution in [0.15, 0.2) is 0 Å². The minimum Gasteiger partial charge on any atom is -0.389 e. The summed E-state index contributed by atoms with van der Waals surface area (Å²) in [6, 6.07) is 0. The van der Waals surface area contributed by atoms with Gasteiger partial charge in [0.15, 0.2) is 0 Å². The zero-order valence-electron chi connectivity index (χ0n) is 13.0. The standard InChI is InChI=1S/C16H27ClN2O/c1-4-6-13-7-9-16(20,10-8-13)11-14-15(17)12(3)18-19(14)5-2/h13,20H,4-11H2,1-3H3. The van der Waals surface area contributed by atoms with Gasteiger partial charge in [0, 0.05) is 13.0 Å². The lowest BCUT2D eigenvalue weighted by Crippen LogP contribution is -2.37. The molecule has 0 aliphatic heterocycles. The highest BCUT2D eigenvalue weighted by Crippen LogP contribution is 2.37. The quantitative estimate of drug-likeness (QED) is 0.887. The van der Waals surface area contributed by atoms with Crippen LogP contribution in [0.1, 0.15) is 63.8 Å². The molecular weight excluding hydrogens is 272 g/mol. The average molecular weight is 299 g/mol. The van der Waals surface area contributed by atoms with Crippen molar-refractivity contribution in [3.63, 3.8) is 0 Å². The lowest BCUT2D eigenvalue weighted by atomic mass is 9.75. The average Bonchev–Trinajstić information content (AvgIpc) is 2.69. The van der Waals surface area contributed by atoms with Crippen LogP contribution in [-0.2, 0) is 13.0 Å². The Labute approximate surface area is 127 Å². The van der Waals surface area contributed by atoms with Crippen LogP contribution in [-0.4, -0.2) is 20.5 Å². The van der Waals surface area contributed by atoms with Crippen LogP contribution >= 0.6 is 11.6 Å². The summed E-state index contributed by atoms with van der Waals surface area (Å²) in [5.41, 5.74) is 1.28. The van der Waals surface area contributed by atoms with E-state index in [1.807, 2.05) is 11.6 Å². The van der Waals surface area contributed by atoms with Crippen molar-refractivity contribution in [3.8, 4) is 0 Å². The van der Waals surface area contributed by atoms with Crippen molar-refractivity contribution in [3.05, 3.63) is 16.4 Å². The zero-order chi connectivity index (χ0) is 14.8. The van der Waals surface area contributed by atoms with Gasteiger partial charge in [0.25, 0.3) is 0 Å². The van der Waals surface area contributed by atoms with E-state index < -0.39 is 5.60 Å². The Morgan fingerprint density at radius 1 is 1.35 bits per heavy atom. The van der Waals surface area contributed by atoms with Crippen LogP contribution in [0.2, 0.25) is 5.02 Å². The molecule has 0 unspecified atom stereocenters. The van der Waals surface area contributed by atoms with Gasteiger partial charge in [-0.15, -0.1) is 0 Å². The lowest BCUT2D eigenvalue weighted by molar-refractivity contribution is -0.0114. The van der Waals surface area contributed by atoms with Gasteiger partial charge in [0.05, 0.1) is 22.0 Å². The molecule has 114 valence electrons. The molecule has 1 heterocycles. The fourth-order valence-electron chi connectivity index (χ4n) is 3.44. The molecule has 0 radical (unpaired) electrons. The van der Waals surface area contributed by atoms with Gasteiger partial charge in [-0.25, -0.2) is 0 Å². The van der Waals surface area contributed by atoms with Gasteiger partial charge in [-0.2, -0.15) is 5.10 Å². The molecule has 0 aromatic carbocycles. The first kappa shape index (κ1) is 15.8. The Morgan fingerprint density at radius 2 is 2.00 bits per heavy atom. The van der Waals surface area contributed by atoms with Crippen LogP contribution in [0.3, 0.4) is 0 Å². The summed E-state index contributed by atoms with van der Waals surface area (Å²) < 4.78 is 1.94. The Morgan fingerprint density at radius 3 is 2.55 bits per heavy atom. The van der Waals surface area contributed by atoms with Crippen molar-refractivity contribution in [1.29, 1.82) is 0 Å². The Hall–Kier alpha value is -0.540. The first-order chi connectivity index (χ1) is 9.49. The van der Waals surface area contributed by atoms with E-state index in [4.69, 9.17) is 11.6 Å². The Kier molecular flexibility index (Phi) is 5.14. The summed E-state index contributed by atoms with van der Waals surface area (Å²) in [5, 5.41) is 16.0. The van der Waals surface area contributed by atoms with Crippen LogP contribution in [0.5, 0.6) is 0 Å². The fraction of sp³-hybridized carbons (Fsp3) is 0.812. The normalized spacial score (nSPS) is 26.9. The van der Waals surface area contributed by atoms with Crippen molar-refractivity contribution in [1.82, 2.24) is 9.78 Å². The number of hydrogen-bond acceptors (Lipinski definition) is 2. The Balaban J connectivity index is 2.06. The van der Waals surface area contributed by atoms with Gasteiger partial charge in [0.1, 0.15) is 0 Å². The molecule has 0 spiro atoms. The van der Waals surface area contributed by atoms with E-state index in [9.17, 15) is 5.11 Å². The summed E-state index contributed by atoms with van der Waals surface area (Å²) in [5.74, 6) is 0.800. The SMILES string of the molecule is CCCC1CCC(O)(Cc2c(Cl)c(C)nn2CC)CC1. The number of rotatable bonds is 5. The molecule has 0 atom stereocenters. The highest BCUT2D eigenvalue weighted by molar-refractivity contribution is 6.31. The van der Waals surface area contributed by atoms with E-state index in [0.717, 1.165) is 54.6 Å². The van der Waals surface area contributed by atoms with Crippen LogP contribution in [0.25, 0.3) is 0 Å². The second kappa shape index (κ2) is 6.48. The van der Waals surface area contributed by atoms with Crippen LogP contribution in [0.4, 0.5) is 0 Å². The van der Waals surface area contributed by atoms with Gasteiger partial charge in [-0.3, -0.25) is 4.68 Å². The number of hydrogen-bond donors (Lipinski definition) is 1. The molecule has 1 aliphatic rings. The molecule has 0 bridgehead atoms. The molecule has 4 heteroatoms. The van der Waals surface area contributed by atoms with E-state index in [-0.39, 0.29) is 0 Å². The summed E-state index contributed by atoms with van der Waals surface area (Å²) in [6.45, 7) is 7.04. The maximum Gasteiger partial charge on any atom is 0.0848 e. The summed E-state index contributed by atoms with van der Waals surface area (Å²) in [7, 11) is 0. The molecule has 1 aliphatic carbocycles. The van der Waals surface area contributed by atoms with E-state index in [2.05, 4.69) is 18.9 Å². The molecule has 0 saturated heterocycles. The van der Waals surface area contributed by atoms with Crippen molar-refractivity contribution in [2.45, 2.75) is 77.9 Å². The Bertz CT molecular complexity index is 448. The number of nitrogens with zero attached hydrogens (tertiary/aromatic N) is 2. The van der Waals surface area contributed by atoms with Crippen molar-refractivity contribution < 1.29 is 5.11 Å². The molecular formula is C16H27ClN2O. The minimum atomic E-state index is -0.590. The maximum atomic E-state index is 10.9. The van der Waals surface area contributed by atoms with E-state index >= 15 is 0 Å². The van der Waals surface area contributed by atoms with Crippen molar-refractivity contribution in [2.75, 3.05) is 0 Å². The summed E-state index contributed by atoms with van der Waals surface area (Å²) >= 11 is 6.36. The summed E-state index contributed by atoms with van der Waals surface area (Å²) in [6.07, 6.45) is 7.24.